The van der Waals surface area contributed by atoms with Crippen molar-refractivity contribution in [1.29, 1.82) is 0 Å². The number of carbonyl (C=O) groups is 3. The molecule has 0 bridgehead atoms. The number of thiophene rings is 1. The molecule has 1 fully saturated rings. The molecule has 9 nitrogen and oxygen atoms in total. The zero-order valence-electron chi connectivity index (χ0n) is 22.0. The lowest BCUT2D eigenvalue weighted by Crippen LogP contribution is -2.42. The normalized spacial score (nSPS) is 14.1. The van der Waals surface area contributed by atoms with Crippen LogP contribution in [-0.4, -0.2) is 54.1 Å². The molecular weight excluding hydrogens is 500 g/mol. The number of hydrogen-bond donors (Lipinski definition) is 3. The van der Waals surface area contributed by atoms with Crippen LogP contribution in [0.3, 0.4) is 0 Å². The molecule has 0 aliphatic carbocycles. The van der Waals surface area contributed by atoms with Crippen molar-refractivity contribution in [2.75, 3.05) is 36.4 Å². The molecule has 1 aliphatic rings. The molecule has 38 heavy (non-hydrogen) atoms. The molecule has 0 spiro atoms. The van der Waals surface area contributed by atoms with Gasteiger partial charge in [-0.2, -0.15) is 0 Å². The summed E-state index contributed by atoms with van der Waals surface area (Å²) in [6, 6.07) is 14.7. The highest BCUT2D eigenvalue weighted by Crippen LogP contribution is 2.25. The molecule has 3 heterocycles. The number of anilines is 2. The lowest BCUT2D eigenvalue weighted by molar-refractivity contribution is -0.125. The average molecular weight is 535 g/mol. The Bertz CT molecular complexity index is 1230. The van der Waals surface area contributed by atoms with Gasteiger partial charge in [0.15, 0.2) is 5.82 Å². The van der Waals surface area contributed by atoms with E-state index in [1.165, 1.54) is 0 Å². The van der Waals surface area contributed by atoms with E-state index in [1.54, 1.807) is 35.6 Å². The molecule has 1 saturated heterocycles. The molecule has 0 radical (unpaired) electrons. The fourth-order valence-electron chi connectivity index (χ4n) is 4.05. The summed E-state index contributed by atoms with van der Waals surface area (Å²) in [6.45, 7) is 7.70. The minimum Gasteiger partial charge on any atom is -0.355 e. The molecule has 3 amide bonds. The Hall–Kier alpha value is -3.79. The molecule has 0 unspecified atom stereocenters. The summed E-state index contributed by atoms with van der Waals surface area (Å²) in [6.07, 6.45) is 1.48. The standard InChI is InChI=1S/C28H34N6O3S/c1-28(2,3)27(37)31-21-8-6-19(7-9-21)25(35)29-14-15-30-26(36)20-12-16-34(17-13-20)24-11-10-22(32-33-24)23-5-4-18-38-23/h4-11,18,20H,12-17H2,1-3H3,(H,29,35)(H,30,36)(H,31,37). The van der Waals surface area contributed by atoms with Crippen LogP contribution in [0, 0.1) is 11.3 Å². The number of nitrogens with zero attached hydrogens (tertiary/aromatic N) is 3. The largest absolute Gasteiger partial charge is 0.355 e. The average Bonchev–Trinajstić information content (AvgIpc) is 3.46. The van der Waals surface area contributed by atoms with Gasteiger partial charge in [0.25, 0.3) is 5.91 Å². The number of carbonyl (C=O) groups excluding carboxylic acids is 3. The maximum atomic E-state index is 12.6. The maximum absolute atomic E-state index is 12.6. The number of benzene rings is 1. The van der Waals surface area contributed by atoms with Crippen molar-refractivity contribution in [3.8, 4) is 10.6 Å². The Morgan fingerprint density at radius 1 is 0.947 bits per heavy atom. The highest BCUT2D eigenvalue weighted by atomic mass is 32.1. The summed E-state index contributed by atoms with van der Waals surface area (Å²) < 4.78 is 0. The van der Waals surface area contributed by atoms with Crippen LogP contribution < -0.4 is 20.9 Å². The van der Waals surface area contributed by atoms with Crippen molar-refractivity contribution in [2.24, 2.45) is 11.3 Å². The van der Waals surface area contributed by atoms with Gasteiger partial charge < -0.3 is 20.9 Å². The number of piperidine rings is 1. The lowest BCUT2D eigenvalue weighted by atomic mass is 9.95. The van der Waals surface area contributed by atoms with Crippen LogP contribution in [-0.2, 0) is 9.59 Å². The third-order valence-corrected chi connectivity index (χ3v) is 7.30. The first-order chi connectivity index (χ1) is 18.2. The summed E-state index contributed by atoms with van der Waals surface area (Å²) in [5, 5.41) is 19.3. The molecule has 0 saturated carbocycles. The zero-order chi connectivity index (χ0) is 27.1. The van der Waals surface area contributed by atoms with Gasteiger partial charge in [-0.15, -0.1) is 21.5 Å². The lowest BCUT2D eigenvalue weighted by Gasteiger charge is -2.31. The van der Waals surface area contributed by atoms with Crippen LogP contribution in [0.15, 0.2) is 53.9 Å². The van der Waals surface area contributed by atoms with Crippen molar-refractivity contribution >= 4 is 40.6 Å². The van der Waals surface area contributed by atoms with Crippen molar-refractivity contribution in [2.45, 2.75) is 33.6 Å². The van der Waals surface area contributed by atoms with E-state index in [9.17, 15) is 14.4 Å². The van der Waals surface area contributed by atoms with Crippen LogP contribution in [0.2, 0.25) is 0 Å². The van der Waals surface area contributed by atoms with Crippen LogP contribution >= 0.6 is 11.3 Å². The molecule has 3 N–H and O–H groups in total. The van der Waals surface area contributed by atoms with Crippen molar-refractivity contribution < 1.29 is 14.4 Å². The number of aromatic nitrogens is 2. The van der Waals surface area contributed by atoms with E-state index in [0.29, 0.717) is 24.3 Å². The van der Waals surface area contributed by atoms with Gasteiger partial charge in [-0.3, -0.25) is 14.4 Å². The van der Waals surface area contributed by atoms with Crippen molar-refractivity contribution in [3.05, 3.63) is 59.5 Å². The van der Waals surface area contributed by atoms with Gasteiger partial charge in [0, 0.05) is 48.8 Å². The van der Waals surface area contributed by atoms with E-state index >= 15 is 0 Å². The first-order valence-electron chi connectivity index (χ1n) is 12.8. The smallest absolute Gasteiger partial charge is 0.251 e. The zero-order valence-corrected chi connectivity index (χ0v) is 22.8. The predicted octanol–water partition coefficient (Wildman–Crippen LogP) is 3.95. The third-order valence-electron chi connectivity index (χ3n) is 6.41. The molecule has 1 aromatic carbocycles. The van der Waals surface area contributed by atoms with Crippen molar-refractivity contribution in [3.63, 3.8) is 0 Å². The Labute approximate surface area is 227 Å². The van der Waals surface area contributed by atoms with Gasteiger partial charge in [0.2, 0.25) is 11.8 Å². The van der Waals surface area contributed by atoms with E-state index in [-0.39, 0.29) is 23.6 Å². The van der Waals surface area contributed by atoms with Crippen LogP contribution in [0.4, 0.5) is 11.5 Å². The highest BCUT2D eigenvalue weighted by Gasteiger charge is 2.26. The minimum absolute atomic E-state index is 0.0111. The SMILES string of the molecule is CC(C)(C)C(=O)Nc1ccc(C(=O)NCCNC(=O)C2CCN(c3ccc(-c4cccs4)nn3)CC2)cc1. The fraction of sp³-hybridized carbons (Fsp3) is 0.393. The molecule has 0 atom stereocenters. The summed E-state index contributed by atoms with van der Waals surface area (Å²) in [5.74, 6) is 0.463. The molecule has 1 aliphatic heterocycles. The Kier molecular flexibility index (Phi) is 8.73. The number of amides is 3. The van der Waals surface area contributed by atoms with Crippen molar-refractivity contribution in [1.82, 2.24) is 20.8 Å². The Balaban J connectivity index is 1.15. The first-order valence-corrected chi connectivity index (χ1v) is 13.7. The summed E-state index contributed by atoms with van der Waals surface area (Å²) in [5.41, 5.74) is 1.50. The minimum atomic E-state index is -0.497. The van der Waals surface area contributed by atoms with Gasteiger partial charge in [-0.25, -0.2) is 0 Å². The number of rotatable bonds is 8. The first kappa shape index (κ1) is 27.3. The van der Waals surface area contributed by atoms with Gasteiger partial charge in [0.1, 0.15) is 5.69 Å². The van der Waals surface area contributed by atoms with Crippen LogP contribution in [0.5, 0.6) is 0 Å². The van der Waals surface area contributed by atoms with E-state index in [0.717, 1.165) is 42.3 Å². The second-order valence-corrected chi connectivity index (χ2v) is 11.3. The summed E-state index contributed by atoms with van der Waals surface area (Å²) in [4.78, 5) is 40.4. The molecule has 200 valence electrons. The monoisotopic (exact) mass is 534 g/mol. The summed E-state index contributed by atoms with van der Waals surface area (Å²) in [7, 11) is 0. The van der Waals surface area contributed by atoms with E-state index < -0.39 is 5.41 Å². The number of hydrogen-bond acceptors (Lipinski definition) is 7. The quantitative estimate of drug-likeness (QED) is 0.377. The molecule has 2 aromatic heterocycles. The topological polar surface area (TPSA) is 116 Å². The Morgan fingerprint density at radius 3 is 2.26 bits per heavy atom. The van der Waals surface area contributed by atoms with Gasteiger partial charge in [0.05, 0.1) is 4.88 Å². The maximum Gasteiger partial charge on any atom is 0.251 e. The third kappa shape index (κ3) is 7.16. The predicted molar refractivity (Wildman–Crippen MR) is 150 cm³/mol. The number of nitrogens with one attached hydrogen (secondary N) is 3. The van der Waals surface area contributed by atoms with Gasteiger partial charge in [-0.1, -0.05) is 26.8 Å². The van der Waals surface area contributed by atoms with E-state index in [4.69, 9.17) is 0 Å². The fourth-order valence-corrected chi connectivity index (χ4v) is 4.74. The van der Waals surface area contributed by atoms with Crippen LogP contribution in [0.1, 0.15) is 44.0 Å². The second-order valence-electron chi connectivity index (χ2n) is 10.3. The van der Waals surface area contributed by atoms with E-state index in [2.05, 4.69) is 31.0 Å². The second kappa shape index (κ2) is 12.2. The van der Waals surface area contributed by atoms with E-state index in [1.807, 2.05) is 50.4 Å². The Morgan fingerprint density at radius 2 is 1.66 bits per heavy atom. The van der Waals surface area contributed by atoms with Crippen LogP contribution in [0.25, 0.3) is 10.6 Å². The molecule has 3 aromatic rings. The van der Waals surface area contributed by atoms with Gasteiger partial charge >= 0.3 is 0 Å². The summed E-state index contributed by atoms with van der Waals surface area (Å²) >= 11 is 1.64. The molecular formula is C28H34N6O3S. The van der Waals surface area contributed by atoms with Gasteiger partial charge in [-0.05, 0) is 60.7 Å². The highest BCUT2D eigenvalue weighted by molar-refractivity contribution is 7.13. The molecule has 10 heteroatoms. The molecule has 4 rings (SSSR count).